The Labute approximate surface area is 169 Å². The molecule has 0 bridgehead atoms. The molecule has 1 aliphatic rings. The van der Waals surface area contributed by atoms with Gasteiger partial charge in [0, 0.05) is 41.5 Å². The summed E-state index contributed by atoms with van der Waals surface area (Å²) in [5.41, 5.74) is 4.87. The van der Waals surface area contributed by atoms with Gasteiger partial charge in [0.2, 0.25) is 0 Å². The maximum absolute atomic E-state index is 12.6. The van der Waals surface area contributed by atoms with Gasteiger partial charge in [-0.25, -0.2) is 9.67 Å². The molecular weight excluding hydrogens is 370 g/mol. The summed E-state index contributed by atoms with van der Waals surface area (Å²) in [6.07, 6.45) is 3.19. The number of nitrogens with zero attached hydrogens (tertiary/aromatic N) is 4. The minimum atomic E-state index is -0.0995. The number of rotatable bonds is 5. The Morgan fingerprint density at radius 2 is 1.93 bits per heavy atom. The summed E-state index contributed by atoms with van der Waals surface area (Å²) in [6, 6.07) is 13.8. The number of aryl methyl sites for hydroxylation is 1. The summed E-state index contributed by atoms with van der Waals surface area (Å²) in [5, 5.41) is 7.13. The van der Waals surface area contributed by atoms with Gasteiger partial charge in [-0.05, 0) is 48.4 Å². The fourth-order valence-electron chi connectivity index (χ4n) is 3.26. The van der Waals surface area contributed by atoms with E-state index in [4.69, 9.17) is 0 Å². The number of carbonyl (C=O) groups is 1. The van der Waals surface area contributed by atoms with Gasteiger partial charge in [-0.1, -0.05) is 12.1 Å². The average molecular weight is 394 g/mol. The minimum Gasteiger partial charge on any atom is -0.370 e. The molecule has 7 heteroatoms. The smallest absolute Gasteiger partial charge is 0.255 e. The number of thioether (sulfide) groups is 1. The second kappa shape index (κ2) is 8.48. The highest BCUT2D eigenvalue weighted by Gasteiger charge is 2.13. The Hall–Kier alpha value is -2.80. The van der Waals surface area contributed by atoms with Crippen LogP contribution in [0.1, 0.15) is 21.5 Å². The lowest BCUT2D eigenvalue weighted by Crippen LogP contribution is -2.32. The highest BCUT2D eigenvalue weighted by Crippen LogP contribution is 2.25. The first-order valence-electron chi connectivity index (χ1n) is 9.35. The summed E-state index contributed by atoms with van der Waals surface area (Å²) in [6.45, 7) is 4.84. The monoisotopic (exact) mass is 393 g/mol. The van der Waals surface area contributed by atoms with E-state index in [1.54, 1.807) is 11.0 Å². The predicted octanol–water partition coefficient (Wildman–Crippen LogP) is 3.44. The molecule has 6 nitrogen and oxygen atoms in total. The molecule has 0 atom stereocenters. The highest BCUT2D eigenvalue weighted by molar-refractivity contribution is 7.99. The lowest BCUT2D eigenvalue weighted by atomic mass is 10.1. The van der Waals surface area contributed by atoms with E-state index in [-0.39, 0.29) is 5.91 Å². The molecule has 0 radical (unpaired) electrons. The lowest BCUT2D eigenvalue weighted by Gasteiger charge is -2.29. The molecule has 1 amide bonds. The van der Waals surface area contributed by atoms with Gasteiger partial charge in [-0.2, -0.15) is 16.9 Å². The molecule has 1 fully saturated rings. The first kappa shape index (κ1) is 18.6. The molecule has 28 heavy (non-hydrogen) atoms. The Bertz CT molecular complexity index is 934. The van der Waals surface area contributed by atoms with Crippen molar-refractivity contribution in [1.82, 2.24) is 14.8 Å². The first-order chi connectivity index (χ1) is 13.7. The van der Waals surface area contributed by atoms with Crippen molar-refractivity contribution in [3.05, 3.63) is 71.8 Å². The lowest BCUT2D eigenvalue weighted by molar-refractivity contribution is 0.102. The van der Waals surface area contributed by atoms with Crippen LogP contribution in [0.25, 0.3) is 0 Å². The standard InChI is InChI=1S/C21H23N5OS/c1-16-12-19(25-8-10-28-11-9-25)6-7-20(16)24-21(27)18-4-2-17(3-5-18)13-26-15-22-14-23-26/h2-7,12,14-15H,8-11,13H2,1H3,(H,24,27). The fraction of sp³-hybridized carbons (Fsp3) is 0.286. The van der Waals surface area contributed by atoms with Crippen LogP contribution >= 0.6 is 11.8 Å². The third kappa shape index (κ3) is 4.36. The normalized spacial score (nSPS) is 14.1. The molecule has 1 aromatic heterocycles. The van der Waals surface area contributed by atoms with Crippen molar-refractivity contribution < 1.29 is 4.79 Å². The molecule has 0 saturated carbocycles. The topological polar surface area (TPSA) is 63.1 Å². The van der Waals surface area contributed by atoms with Gasteiger partial charge in [0.05, 0.1) is 6.54 Å². The number of anilines is 2. The Kier molecular flexibility index (Phi) is 5.62. The third-order valence-electron chi connectivity index (χ3n) is 4.86. The number of nitrogens with one attached hydrogen (secondary N) is 1. The van der Waals surface area contributed by atoms with Gasteiger partial charge < -0.3 is 10.2 Å². The zero-order valence-corrected chi connectivity index (χ0v) is 16.7. The Morgan fingerprint density at radius 3 is 2.61 bits per heavy atom. The highest BCUT2D eigenvalue weighted by atomic mass is 32.2. The summed E-state index contributed by atoms with van der Waals surface area (Å²) in [5.74, 6) is 2.24. The van der Waals surface area contributed by atoms with Crippen LogP contribution in [-0.2, 0) is 6.54 Å². The third-order valence-corrected chi connectivity index (χ3v) is 5.80. The van der Waals surface area contributed by atoms with Crippen LogP contribution in [0.4, 0.5) is 11.4 Å². The van der Waals surface area contributed by atoms with Crippen LogP contribution in [0.3, 0.4) is 0 Å². The fourth-order valence-corrected chi connectivity index (χ4v) is 4.17. The summed E-state index contributed by atoms with van der Waals surface area (Å²) in [7, 11) is 0. The van der Waals surface area contributed by atoms with Gasteiger partial charge in [0.25, 0.3) is 5.91 Å². The number of hydrogen-bond acceptors (Lipinski definition) is 5. The van der Waals surface area contributed by atoms with Crippen LogP contribution < -0.4 is 10.2 Å². The number of aromatic nitrogens is 3. The van der Waals surface area contributed by atoms with E-state index in [1.165, 1.54) is 23.5 Å². The van der Waals surface area contributed by atoms with Crippen molar-refractivity contribution in [2.75, 3.05) is 34.8 Å². The molecule has 3 aromatic rings. The second-order valence-corrected chi connectivity index (χ2v) is 8.07. The molecule has 0 unspecified atom stereocenters. The van der Waals surface area contributed by atoms with Gasteiger partial charge in [-0.15, -0.1) is 0 Å². The quantitative estimate of drug-likeness (QED) is 0.719. The van der Waals surface area contributed by atoms with E-state index in [0.29, 0.717) is 12.1 Å². The molecular formula is C21H23N5OS. The van der Waals surface area contributed by atoms with Crippen LogP contribution in [-0.4, -0.2) is 45.3 Å². The van der Waals surface area contributed by atoms with Crippen molar-refractivity contribution in [2.45, 2.75) is 13.5 Å². The van der Waals surface area contributed by atoms with Crippen molar-refractivity contribution in [3.8, 4) is 0 Å². The van der Waals surface area contributed by atoms with Gasteiger partial charge in [0.15, 0.2) is 0 Å². The number of hydrogen-bond donors (Lipinski definition) is 1. The van der Waals surface area contributed by atoms with Crippen molar-refractivity contribution >= 4 is 29.0 Å². The van der Waals surface area contributed by atoms with Crippen molar-refractivity contribution in [2.24, 2.45) is 0 Å². The molecule has 0 aliphatic carbocycles. The van der Waals surface area contributed by atoms with Crippen LogP contribution in [0.5, 0.6) is 0 Å². The molecule has 1 N–H and O–H groups in total. The minimum absolute atomic E-state index is 0.0995. The Balaban J connectivity index is 1.41. The average Bonchev–Trinajstić information content (AvgIpc) is 3.24. The van der Waals surface area contributed by atoms with Crippen LogP contribution in [0, 0.1) is 6.92 Å². The maximum atomic E-state index is 12.6. The van der Waals surface area contributed by atoms with E-state index in [9.17, 15) is 4.79 Å². The molecule has 2 aromatic carbocycles. The Morgan fingerprint density at radius 1 is 1.14 bits per heavy atom. The number of carbonyl (C=O) groups excluding carboxylic acids is 1. The van der Waals surface area contributed by atoms with E-state index in [2.05, 4.69) is 32.4 Å². The molecule has 1 aliphatic heterocycles. The van der Waals surface area contributed by atoms with E-state index < -0.39 is 0 Å². The van der Waals surface area contributed by atoms with Crippen molar-refractivity contribution in [3.63, 3.8) is 0 Å². The van der Waals surface area contributed by atoms with Gasteiger partial charge >= 0.3 is 0 Å². The van der Waals surface area contributed by atoms with Gasteiger partial charge in [-0.3, -0.25) is 4.79 Å². The van der Waals surface area contributed by atoms with Crippen molar-refractivity contribution in [1.29, 1.82) is 0 Å². The number of amides is 1. The van der Waals surface area contributed by atoms with Crippen LogP contribution in [0.2, 0.25) is 0 Å². The predicted molar refractivity (Wildman–Crippen MR) is 114 cm³/mol. The molecule has 2 heterocycles. The van der Waals surface area contributed by atoms with E-state index in [0.717, 1.165) is 29.9 Å². The first-order valence-corrected chi connectivity index (χ1v) is 10.5. The van der Waals surface area contributed by atoms with Crippen LogP contribution in [0.15, 0.2) is 55.1 Å². The van der Waals surface area contributed by atoms with Gasteiger partial charge in [0.1, 0.15) is 12.7 Å². The summed E-state index contributed by atoms with van der Waals surface area (Å²) < 4.78 is 1.75. The zero-order chi connectivity index (χ0) is 19.3. The maximum Gasteiger partial charge on any atom is 0.255 e. The molecule has 144 valence electrons. The summed E-state index contributed by atoms with van der Waals surface area (Å²) >= 11 is 2.00. The summed E-state index contributed by atoms with van der Waals surface area (Å²) in [4.78, 5) is 19.0. The van der Waals surface area contributed by atoms with E-state index >= 15 is 0 Å². The van der Waals surface area contributed by atoms with E-state index in [1.807, 2.05) is 49.0 Å². The zero-order valence-electron chi connectivity index (χ0n) is 15.8. The second-order valence-electron chi connectivity index (χ2n) is 6.84. The largest absolute Gasteiger partial charge is 0.370 e. The molecule has 1 saturated heterocycles. The molecule has 4 rings (SSSR count). The molecule has 0 spiro atoms. The number of benzene rings is 2. The SMILES string of the molecule is Cc1cc(N2CCSCC2)ccc1NC(=O)c1ccc(Cn2cncn2)cc1.